The highest BCUT2D eigenvalue weighted by Gasteiger charge is 2.47. The van der Waals surface area contributed by atoms with Crippen molar-refractivity contribution in [2.24, 2.45) is 0 Å². The third-order valence-electron chi connectivity index (χ3n) is 5.93. The Balaban J connectivity index is 1.98. The third-order valence-corrected chi connectivity index (χ3v) is 5.93. The number of ether oxygens (including phenoxy) is 1. The molecule has 2 aromatic carbocycles. The summed E-state index contributed by atoms with van der Waals surface area (Å²) in [6.45, 7) is 7.57. The van der Waals surface area contributed by atoms with Crippen LogP contribution in [-0.2, 0) is 9.59 Å². The summed E-state index contributed by atoms with van der Waals surface area (Å²) < 4.78 is 5.38. The zero-order chi connectivity index (χ0) is 23.9. The molecule has 6 nitrogen and oxygen atoms in total. The molecule has 0 aliphatic carbocycles. The van der Waals surface area contributed by atoms with E-state index in [1.54, 1.807) is 37.7 Å². The number of carbonyl (C=O) groups excluding carboxylic acids is 2. The number of methoxy groups -OCH3 is 1. The summed E-state index contributed by atoms with van der Waals surface area (Å²) in [5.41, 5.74) is 5.26. The molecule has 1 aromatic heterocycles. The fourth-order valence-corrected chi connectivity index (χ4v) is 4.45. The van der Waals surface area contributed by atoms with Gasteiger partial charge in [-0.05, 0) is 85.8 Å². The van der Waals surface area contributed by atoms with E-state index in [4.69, 9.17) is 4.74 Å². The highest BCUT2D eigenvalue weighted by Crippen LogP contribution is 2.43. The van der Waals surface area contributed by atoms with Crippen molar-refractivity contribution in [2.75, 3.05) is 12.0 Å². The van der Waals surface area contributed by atoms with Crippen LogP contribution in [0.4, 0.5) is 5.69 Å². The highest BCUT2D eigenvalue weighted by atomic mass is 16.5. The molecule has 3 aromatic rings. The molecular formula is C27H26N2O4. The summed E-state index contributed by atoms with van der Waals surface area (Å²) in [6.07, 6.45) is 3.25. The molecule has 4 rings (SSSR count). The molecule has 1 fully saturated rings. The van der Waals surface area contributed by atoms with E-state index in [2.05, 4.69) is 4.98 Å². The van der Waals surface area contributed by atoms with E-state index < -0.39 is 17.7 Å². The number of pyridine rings is 1. The second-order valence-corrected chi connectivity index (χ2v) is 8.44. The monoisotopic (exact) mass is 442 g/mol. The molecule has 0 saturated carbocycles. The standard InChI is InChI=1S/C27H26N2O4/c1-15-9-16(2)11-20(10-15)29-24(19-7-6-8-28-14-19)23(26(31)27(29)32)25(30)21-12-18(4)22(33-5)13-17(21)3/h6-14,24,30H,1-5H3/b25-23+. The van der Waals surface area contributed by atoms with Gasteiger partial charge in [0.15, 0.2) is 0 Å². The molecule has 2 heterocycles. The van der Waals surface area contributed by atoms with Crippen molar-refractivity contribution in [3.8, 4) is 5.75 Å². The molecule has 1 N–H and O–H groups in total. The first-order chi connectivity index (χ1) is 15.7. The van der Waals surface area contributed by atoms with Gasteiger partial charge in [0.2, 0.25) is 0 Å². The van der Waals surface area contributed by atoms with Crippen LogP contribution in [0.5, 0.6) is 5.75 Å². The number of aryl methyl sites for hydroxylation is 4. The number of aliphatic hydroxyl groups excluding tert-OH is 1. The number of anilines is 1. The second kappa shape index (κ2) is 8.54. The lowest BCUT2D eigenvalue weighted by Crippen LogP contribution is -2.29. The van der Waals surface area contributed by atoms with E-state index in [0.717, 1.165) is 22.3 Å². The Kier molecular flexibility index (Phi) is 5.77. The predicted molar refractivity (Wildman–Crippen MR) is 127 cm³/mol. The van der Waals surface area contributed by atoms with Crippen LogP contribution < -0.4 is 9.64 Å². The maximum atomic E-state index is 13.3. The van der Waals surface area contributed by atoms with Crippen molar-refractivity contribution >= 4 is 23.1 Å². The van der Waals surface area contributed by atoms with Crippen LogP contribution in [-0.4, -0.2) is 28.9 Å². The van der Waals surface area contributed by atoms with Crippen molar-refractivity contribution in [3.63, 3.8) is 0 Å². The van der Waals surface area contributed by atoms with Crippen LogP contribution in [0.3, 0.4) is 0 Å². The van der Waals surface area contributed by atoms with E-state index in [-0.39, 0.29) is 11.3 Å². The molecule has 33 heavy (non-hydrogen) atoms. The quantitative estimate of drug-likeness (QED) is 0.351. The van der Waals surface area contributed by atoms with Crippen LogP contribution in [0.15, 0.2) is 60.4 Å². The molecule has 1 atom stereocenters. The Morgan fingerprint density at radius 1 is 1.00 bits per heavy atom. The number of Topliss-reactive ketones (excluding diaryl/α,β-unsaturated/α-hetero) is 1. The Hall–Kier alpha value is -3.93. The average molecular weight is 443 g/mol. The first-order valence-corrected chi connectivity index (χ1v) is 10.7. The molecule has 1 aliphatic rings. The number of hydrogen-bond acceptors (Lipinski definition) is 5. The molecule has 0 radical (unpaired) electrons. The minimum atomic E-state index is -0.804. The van der Waals surface area contributed by atoms with Crippen LogP contribution in [0, 0.1) is 27.7 Å². The Bertz CT molecular complexity index is 1270. The number of aromatic nitrogens is 1. The van der Waals surface area contributed by atoms with Crippen LogP contribution >= 0.6 is 0 Å². The molecule has 1 unspecified atom stereocenters. The maximum absolute atomic E-state index is 13.3. The zero-order valence-corrected chi connectivity index (χ0v) is 19.3. The Labute approximate surface area is 193 Å². The molecule has 1 saturated heterocycles. The van der Waals surface area contributed by atoms with Gasteiger partial charge < -0.3 is 9.84 Å². The molecule has 168 valence electrons. The maximum Gasteiger partial charge on any atom is 0.300 e. The van der Waals surface area contributed by atoms with Crippen molar-refractivity contribution in [3.05, 3.63) is 93.8 Å². The van der Waals surface area contributed by atoms with Gasteiger partial charge in [-0.1, -0.05) is 12.1 Å². The summed E-state index contributed by atoms with van der Waals surface area (Å²) in [4.78, 5) is 32.3. The van der Waals surface area contributed by atoms with Gasteiger partial charge in [0.1, 0.15) is 11.5 Å². The zero-order valence-electron chi connectivity index (χ0n) is 19.3. The lowest BCUT2D eigenvalue weighted by atomic mass is 9.93. The van der Waals surface area contributed by atoms with Gasteiger partial charge >= 0.3 is 0 Å². The summed E-state index contributed by atoms with van der Waals surface area (Å²) in [5.74, 6) is -0.937. The number of nitrogens with zero attached hydrogens (tertiary/aromatic N) is 2. The second-order valence-electron chi connectivity index (χ2n) is 8.44. The molecule has 6 heteroatoms. The van der Waals surface area contributed by atoms with Gasteiger partial charge in [0.25, 0.3) is 11.7 Å². The van der Waals surface area contributed by atoms with Crippen LogP contribution in [0.25, 0.3) is 5.76 Å². The minimum absolute atomic E-state index is 0.0415. The number of amides is 1. The SMILES string of the molecule is COc1cc(C)c(/C(O)=C2\C(=O)C(=O)N(c3cc(C)cc(C)c3)C2c2cccnc2)cc1C. The van der Waals surface area contributed by atoms with Crippen molar-refractivity contribution in [2.45, 2.75) is 33.7 Å². The number of rotatable bonds is 4. The van der Waals surface area contributed by atoms with E-state index in [9.17, 15) is 14.7 Å². The Morgan fingerprint density at radius 3 is 2.30 bits per heavy atom. The van der Waals surface area contributed by atoms with Gasteiger partial charge in [0, 0.05) is 23.6 Å². The lowest BCUT2D eigenvalue weighted by Gasteiger charge is -2.26. The van der Waals surface area contributed by atoms with E-state index in [0.29, 0.717) is 22.6 Å². The topological polar surface area (TPSA) is 79.7 Å². The van der Waals surface area contributed by atoms with Crippen molar-refractivity contribution in [1.29, 1.82) is 0 Å². The van der Waals surface area contributed by atoms with E-state index in [1.807, 2.05) is 52.0 Å². The predicted octanol–water partition coefficient (Wildman–Crippen LogP) is 4.95. The first-order valence-electron chi connectivity index (χ1n) is 10.7. The van der Waals surface area contributed by atoms with Crippen molar-refractivity contribution in [1.82, 2.24) is 4.98 Å². The molecular weight excluding hydrogens is 416 g/mol. The largest absolute Gasteiger partial charge is 0.507 e. The van der Waals surface area contributed by atoms with Gasteiger partial charge in [-0.2, -0.15) is 0 Å². The summed E-state index contributed by atoms with van der Waals surface area (Å²) in [6, 6.07) is 12.1. The summed E-state index contributed by atoms with van der Waals surface area (Å²) in [5, 5.41) is 11.4. The fraction of sp³-hybridized carbons (Fsp3) is 0.222. The number of hydrogen-bond donors (Lipinski definition) is 1. The van der Waals surface area contributed by atoms with Crippen molar-refractivity contribution < 1.29 is 19.4 Å². The van der Waals surface area contributed by atoms with Gasteiger partial charge in [-0.3, -0.25) is 19.5 Å². The van der Waals surface area contributed by atoms with E-state index in [1.165, 1.54) is 4.90 Å². The number of aliphatic hydroxyl groups is 1. The van der Waals surface area contributed by atoms with Gasteiger partial charge in [0.05, 0.1) is 18.7 Å². The number of carbonyl (C=O) groups is 2. The summed E-state index contributed by atoms with van der Waals surface area (Å²) in [7, 11) is 1.58. The fourth-order valence-electron chi connectivity index (χ4n) is 4.45. The molecule has 0 spiro atoms. The number of benzene rings is 2. The molecule has 1 amide bonds. The summed E-state index contributed by atoms with van der Waals surface area (Å²) >= 11 is 0. The number of ketones is 1. The first kappa shape index (κ1) is 22.3. The van der Waals surface area contributed by atoms with Crippen LogP contribution in [0.2, 0.25) is 0 Å². The highest BCUT2D eigenvalue weighted by molar-refractivity contribution is 6.51. The van der Waals surface area contributed by atoms with Gasteiger partial charge in [-0.15, -0.1) is 0 Å². The smallest absolute Gasteiger partial charge is 0.300 e. The minimum Gasteiger partial charge on any atom is -0.507 e. The molecule has 0 bridgehead atoms. The average Bonchev–Trinajstić information content (AvgIpc) is 3.05. The van der Waals surface area contributed by atoms with Crippen LogP contribution in [0.1, 0.15) is 39.4 Å². The van der Waals surface area contributed by atoms with E-state index >= 15 is 0 Å². The lowest BCUT2D eigenvalue weighted by molar-refractivity contribution is -0.132. The molecule has 1 aliphatic heterocycles. The van der Waals surface area contributed by atoms with Gasteiger partial charge in [-0.25, -0.2) is 0 Å². The third kappa shape index (κ3) is 3.89. The Morgan fingerprint density at radius 2 is 1.70 bits per heavy atom. The normalized spacial score (nSPS) is 17.5.